The monoisotopic (exact) mass is 411 g/mol. The summed E-state index contributed by atoms with van der Waals surface area (Å²) in [5.74, 6) is -1.43. The summed E-state index contributed by atoms with van der Waals surface area (Å²) in [5, 5.41) is 29.9. The van der Waals surface area contributed by atoms with Gasteiger partial charge in [0.2, 0.25) is 0 Å². The van der Waals surface area contributed by atoms with E-state index >= 15 is 0 Å². The maximum atomic E-state index is 13.5. The van der Waals surface area contributed by atoms with Crippen LogP contribution >= 0.6 is 0 Å². The van der Waals surface area contributed by atoms with Crippen molar-refractivity contribution in [3.05, 3.63) is 66.1 Å². The molecule has 3 N–H and O–H groups in total. The lowest BCUT2D eigenvalue weighted by Crippen LogP contribution is -2.19. The first-order valence-corrected chi connectivity index (χ1v) is 9.93. The molecule has 2 atom stereocenters. The van der Waals surface area contributed by atoms with Gasteiger partial charge in [0.1, 0.15) is 5.82 Å². The molecule has 0 fully saturated rings. The van der Waals surface area contributed by atoms with Crippen LogP contribution in [0.15, 0.2) is 54.6 Å². The third-order valence-electron chi connectivity index (χ3n) is 5.00. The molecule has 0 radical (unpaired) electrons. The fourth-order valence-corrected chi connectivity index (χ4v) is 3.77. The van der Waals surface area contributed by atoms with Crippen LogP contribution in [0.5, 0.6) is 0 Å². The van der Waals surface area contributed by atoms with Gasteiger partial charge in [-0.3, -0.25) is 4.79 Å². The number of carboxylic acid groups (broad SMARTS) is 1. The van der Waals surface area contributed by atoms with E-state index in [4.69, 9.17) is 5.11 Å². The Hall–Kier alpha value is -2.96. The Morgan fingerprint density at radius 2 is 1.77 bits per heavy atom. The number of carboxylic acids is 1. The second-order valence-corrected chi connectivity index (χ2v) is 7.66. The molecule has 0 amide bonds. The van der Waals surface area contributed by atoms with Gasteiger partial charge in [-0.1, -0.05) is 36.4 Å². The maximum Gasteiger partial charge on any atom is 0.305 e. The van der Waals surface area contributed by atoms with Gasteiger partial charge in [0.15, 0.2) is 0 Å². The van der Waals surface area contributed by atoms with Gasteiger partial charge in [-0.25, -0.2) is 4.39 Å². The number of benzene rings is 2. The van der Waals surface area contributed by atoms with Gasteiger partial charge in [-0.15, -0.1) is 0 Å². The summed E-state index contributed by atoms with van der Waals surface area (Å²) in [5.41, 5.74) is 3.65. The van der Waals surface area contributed by atoms with Gasteiger partial charge in [0, 0.05) is 34.6 Å². The van der Waals surface area contributed by atoms with Crippen LogP contribution in [0.3, 0.4) is 0 Å². The minimum atomic E-state index is -1.13. The highest BCUT2D eigenvalue weighted by Crippen LogP contribution is 2.38. The standard InChI is InChI=1S/C24H26FNO4/c1-15(2)26-21-6-4-3-5-20(21)24(16-7-9-17(25)10-8-16)22(26)12-11-18(27)13-19(28)14-23(29)30/h3-12,15,18-19,27-28H,13-14H2,1-2H3,(H,29,30)/t18-,19-/m1/s1. The van der Waals surface area contributed by atoms with E-state index in [1.807, 2.05) is 24.3 Å². The lowest BCUT2D eigenvalue weighted by molar-refractivity contribution is -0.139. The Morgan fingerprint density at radius 3 is 2.40 bits per heavy atom. The number of hydrogen-bond acceptors (Lipinski definition) is 3. The first kappa shape index (κ1) is 21.7. The van der Waals surface area contributed by atoms with E-state index in [-0.39, 0.29) is 18.3 Å². The minimum Gasteiger partial charge on any atom is -0.481 e. The Balaban J connectivity index is 2.08. The normalized spacial score (nSPS) is 13.9. The Morgan fingerprint density at radius 1 is 1.10 bits per heavy atom. The minimum absolute atomic E-state index is 0.0728. The van der Waals surface area contributed by atoms with Crippen LogP contribution in [0, 0.1) is 5.82 Å². The summed E-state index contributed by atoms with van der Waals surface area (Å²) < 4.78 is 15.6. The van der Waals surface area contributed by atoms with Gasteiger partial charge in [-0.05, 0) is 43.7 Å². The van der Waals surface area contributed by atoms with Crippen molar-refractivity contribution in [1.29, 1.82) is 0 Å². The molecule has 0 unspecified atom stereocenters. The SMILES string of the molecule is CC(C)n1c(C=C[C@@H](O)C[C@@H](O)CC(=O)O)c(-c2ccc(F)cc2)c2ccccc21. The predicted octanol–water partition coefficient (Wildman–Crippen LogP) is 4.63. The Kier molecular flexibility index (Phi) is 6.70. The van der Waals surface area contributed by atoms with E-state index < -0.39 is 24.6 Å². The summed E-state index contributed by atoms with van der Waals surface area (Å²) in [6.45, 7) is 4.12. The topological polar surface area (TPSA) is 82.7 Å². The largest absolute Gasteiger partial charge is 0.481 e. The molecule has 0 aliphatic carbocycles. The van der Waals surface area contributed by atoms with Crippen molar-refractivity contribution >= 4 is 22.9 Å². The summed E-state index contributed by atoms with van der Waals surface area (Å²) in [6.07, 6.45) is 0.727. The number of fused-ring (bicyclic) bond motifs is 1. The molecule has 0 bridgehead atoms. The van der Waals surface area contributed by atoms with Gasteiger partial charge >= 0.3 is 5.97 Å². The van der Waals surface area contributed by atoms with Crippen molar-refractivity contribution in [2.24, 2.45) is 0 Å². The zero-order valence-corrected chi connectivity index (χ0v) is 17.0. The summed E-state index contributed by atoms with van der Waals surface area (Å²) in [6, 6.07) is 14.4. The molecule has 1 heterocycles. The maximum absolute atomic E-state index is 13.5. The summed E-state index contributed by atoms with van der Waals surface area (Å²) >= 11 is 0. The van der Waals surface area contributed by atoms with Crippen molar-refractivity contribution in [2.75, 3.05) is 0 Å². The molecule has 158 valence electrons. The molecule has 1 aromatic heterocycles. The molecule has 0 aliphatic heterocycles. The molecule has 0 spiro atoms. The molecule has 3 rings (SSSR count). The molecule has 30 heavy (non-hydrogen) atoms. The average Bonchev–Trinajstić information content (AvgIpc) is 3.00. The number of aliphatic hydroxyl groups excluding tert-OH is 2. The number of para-hydroxylation sites is 1. The highest BCUT2D eigenvalue weighted by molar-refractivity contribution is 6.01. The van der Waals surface area contributed by atoms with Crippen LogP contribution in [0.4, 0.5) is 4.39 Å². The number of aromatic nitrogens is 1. The lowest BCUT2D eigenvalue weighted by Gasteiger charge is -2.15. The van der Waals surface area contributed by atoms with Gasteiger partial charge in [-0.2, -0.15) is 0 Å². The number of hydrogen-bond donors (Lipinski definition) is 3. The van der Waals surface area contributed by atoms with E-state index in [0.29, 0.717) is 0 Å². The second kappa shape index (κ2) is 9.24. The number of halogens is 1. The van der Waals surface area contributed by atoms with Crippen LogP contribution in [-0.2, 0) is 4.79 Å². The number of nitrogens with zero attached hydrogens (tertiary/aromatic N) is 1. The zero-order valence-electron chi connectivity index (χ0n) is 17.0. The van der Waals surface area contributed by atoms with E-state index in [1.54, 1.807) is 24.3 Å². The second-order valence-electron chi connectivity index (χ2n) is 7.66. The molecule has 2 aromatic carbocycles. The molecule has 6 heteroatoms. The van der Waals surface area contributed by atoms with Crippen LogP contribution in [0.25, 0.3) is 28.1 Å². The van der Waals surface area contributed by atoms with E-state index in [9.17, 15) is 19.4 Å². The third-order valence-corrected chi connectivity index (χ3v) is 5.00. The molecule has 0 saturated heterocycles. The van der Waals surface area contributed by atoms with Gasteiger partial charge < -0.3 is 19.9 Å². The quantitative estimate of drug-likeness (QED) is 0.505. The van der Waals surface area contributed by atoms with Crippen LogP contribution in [0.2, 0.25) is 0 Å². The molecule has 0 aliphatic rings. The number of aliphatic carboxylic acids is 1. The molecule has 0 saturated carbocycles. The highest BCUT2D eigenvalue weighted by Gasteiger charge is 2.19. The summed E-state index contributed by atoms with van der Waals surface area (Å²) in [4.78, 5) is 10.7. The highest BCUT2D eigenvalue weighted by atomic mass is 19.1. The molecule has 3 aromatic rings. The smallest absolute Gasteiger partial charge is 0.305 e. The number of aliphatic hydroxyl groups is 2. The van der Waals surface area contributed by atoms with Crippen LogP contribution < -0.4 is 0 Å². The van der Waals surface area contributed by atoms with Crippen molar-refractivity contribution in [1.82, 2.24) is 4.57 Å². The van der Waals surface area contributed by atoms with E-state index in [1.165, 1.54) is 12.1 Å². The predicted molar refractivity (Wildman–Crippen MR) is 116 cm³/mol. The molecule has 5 nitrogen and oxygen atoms in total. The number of carbonyl (C=O) groups is 1. The van der Waals surface area contributed by atoms with E-state index in [0.717, 1.165) is 27.7 Å². The van der Waals surface area contributed by atoms with Crippen LogP contribution in [0.1, 0.15) is 38.4 Å². The third kappa shape index (κ3) is 4.78. The lowest BCUT2D eigenvalue weighted by atomic mass is 10.0. The van der Waals surface area contributed by atoms with Crippen LogP contribution in [-0.4, -0.2) is 38.1 Å². The first-order valence-electron chi connectivity index (χ1n) is 9.93. The Bertz CT molecular complexity index is 1050. The molecular weight excluding hydrogens is 385 g/mol. The van der Waals surface area contributed by atoms with Crippen molar-refractivity contribution < 1.29 is 24.5 Å². The number of rotatable bonds is 8. The fraction of sp³-hybridized carbons (Fsp3) is 0.292. The van der Waals surface area contributed by atoms with Crippen molar-refractivity contribution in [2.45, 2.75) is 44.9 Å². The van der Waals surface area contributed by atoms with Gasteiger partial charge in [0.05, 0.1) is 18.6 Å². The summed E-state index contributed by atoms with van der Waals surface area (Å²) in [7, 11) is 0. The fourth-order valence-electron chi connectivity index (χ4n) is 3.77. The Labute approximate surface area is 174 Å². The average molecular weight is 411 g/mol. The molecular formula is C24H26FNO4. The van der Waals surface area contributed by atoms with Gasteiger partial charge in [0.25, 0.3) is 0 Å². The van der Waals surface area contributed by atoms with E-state index in [2.05, 4.69) is 18.4 Å². The van der Waals surface area contributed by atoms with Crippen molar-refractivity contribution in [3.63, 3.8) is 0 Å². The first-order chi connectivity index (χ1) is 14.3. The zero-order chi connectivity index (χ0) is 21.8. The van der Waals surface area contributed by atoms with Crippen molar-refractivity contribution in [3.8, 4) is 11.1 Å².